The first-order valence-corrected chi connectivity index (χ1v) is 15.1. The Hall–Kier alpha value is -1.03. The van der Waals surface area contributed by atoms with Crippen LogP contribution in [0.2, 0.25) is 0 Å². The lowest BCUT2D eigenvalue weighted by Crippen LogP contribution is -2.43. The molecule has 1 aliphatic heterocycles. The van der Waals surface area contributed by atoms with Gasteiger partial charge in [-0.15, -0.1) is 0 Å². The standard InChI is InChI=1S/C30H54N4O4/c1-29(2,3)38-28(35)33(5)18-17-32(4)21-24-22-34(26-12-8-11-19-37-26)31-27(24)23-13-14-25(36-6)30(20-23)15-9-7-10-16-30/h22-23,25-26,28,35H,7-21H2,1-6H3/t23-,25-,26?,28?/m1/s1. The average molecular weight is 535 g/mol. The number of hydrogen-bond acceptors (Lipinski definition) is 7. The number of aliphatic hydroxyl groups excluding tert-OH is 1. The van der Waals surface area contributed by atoms with Gasteiger partial charge in [0.15, 0.2) is 0 Å². The van der Waals surface area contributed by atoms with Crippen molar-refractivity contribution in [1.82, 2.24) is 19.6 Å². The first-order chi connectivity index (χ1) is 18.1. The minimum atomic E-state index is -0.909. The van der Waals surface area contributed by atoms with Gasteiger partial charge < -0.3 is 24.2 Å². The monoisotopic (exact) mass is 534 g/mol. The zero-order valence-corrected chi connectivity index (χ0v) is 25.0. The van der Waals surface area contributed by atoms with E-state index in [2.05, 4.69) is 22.8 Å². The van der Waals surface area contributed by atoms with Gasteiger partial charge in [0, 0.05) is 51.0 Å². The zero-order valence-electron chi connectivity index (χ0n) is 25.0. The van der Waals surface area contributed by atoms with Gasteiger partial charge in [0.2, 0.25) is 6.41 Å². The van der Waals surface area contributed by atoms with Crippen LogP contribution in [0.25, 0.3) is 0 Å². The minimum absolute atomic E-state index is 0.0522. The number of rotatable bonds is 10. The van der Waals surface area contributed by atoms with E-state index < -0.39 is 6.41 Å². The molecule has 38 heavy (non-hydrogen) atoms. The van der Waals surface area contributed by atoms with Crippen LogP contribution in [-0.2, 0) is 20.8 Å². The fourth-order valence-electron chi connectivity index (χ4n) is 6.97. The lowest BCUT2D eigenvalue weighted by atomic mass is 9.60. The number of aromatic nitrogens is 2. The molecule has 1 spiro atoms. The normalized spacial score (nSPS) is 27.3. The Balaban J connectivity index is 1.48. The number of hydrogen-bond donors (Lipinski definition) is 1. The predicted octanol–water partition coefficient (Wildman–Crippen LogP) is 5.27. The van der Waals surface area contributed by atoms with Crippen LogP contribution in [0.1, 0.15) is 115 Å². The molecule has 2 unspecified atom stereocenters. The zero-order chi connectivity index (χ0) is 27.3. The molecule has 0 aromatic carbocycles. The first kappa shape index (κ1) is 29.9. The molecule has 4 atom stereocenters. The van der Waals surface area contributed by atoms with E-state index in [1.807, 2.05) is 39.8 Å². The minimum Gasteiger partial charge on any atom is -0.381 e. The van der Waals surface area contributed by atoms with Crippen LogP contribution in [0.5, 0.6) is 0 Å². The number of methoxy groups -OCH3 is 1. The van der Waals surface area contributed by atoms with Gasteiger partial charge in [0.05, 0.1) is 17.4 Å². The Morgan fingerprint density at radius 3 is 2.53 bits per heavy atom. The number of ether oxygens (including phenoxy) is 3. The van der Waals surface area contributed by atoms with Crippen molar-refractivity contribution in [3.05, 3.63) is 17.5 Å². The van der Waals surface area contributed by atoms with E-state index in [4.69, 9.17) is 19.3 Å². The van der Waals surface area contributed by atoms with Gasteiger partial charge in [-0.2, -0.15) is 5.10 Å². The van der Waals surface area contributed by atoms with Gasteiger partial charge in [0.25, 0.3) is 0 Å². The Morgan fingerprint density at radius 1 is 1.11 bits per heavy atom. The van der Waals surface area contributed by atoms with Gasteiger partial charge in [-0.25, -0.2) is 4.68 Å². The highest BCUT2D eigenvalue weighted by molar-refractivity contribution is 5.23. The molecule has 2 aliphatic carbocycles. The molecule has 4 rings (SSSR count). The molecule has 1 N–H and O–H groups in total. The molecule has 0 radical (unpaired) electrons. The lowest BCUT2D eigenvalue weighted by Gasteiger charge is -2.48. The summed E-state index contributed by atoms with van der Waals surface area (Å²) in [5.41, 5.74) is 2.51. The van der Waals surface area contributed by atoms with E-state index in [1.54, 1.807) is 0 Å². The fraction of sp³-hybridized carbons (Fsp3) is 0.900. The molecule has 218 valence electrons. The van der Waals surface area contributed by atoms with Crippen molar-refractivity contribution >= 4 is 0 Å². The molecule has 3 aliphatic rings. The van der Waals surface area contributed by atoms with E-state index >= 15 is 0 Å². The van der Waals surface area contributed by atoms with E-state index in [1.165, 1.54) is 56.2 Å². The van der Waals surface area contributed by atoms with Gasteiger partial charge in [-0.3, -0.25) is 4.90 Å². The second-order valence-corrected chi connectivity index (χ2v) is 13.2. The van der Waals surface area contributed by atoms with Gasteiger partial charge in [-0.05, 0) is 91.6 Å². The summed E-state index contributed by atoms with van der Waals surface area (Å²) in [6.07, 6.45) is 15.2. The molecule has 1 saturated heterocycles. The van der Waals surface area contributed by atoms with Crippen LogP contribution in [0.4, 0.5) is 0 Å². The predicted molar refractivity (Wildman–Crippen MR) is 150 cm³/mol. The van der Waals surface area contributed by atoms with Crippen molar-refractivity contribution in [2.45, 2.75) is 128 Å². The molecule has 2 heterocycles. The van der Waals surface area contributed by atoms with Crippen LogP contribution >= 0.6 is 0 Å². The van der Waals surface area contributed by atoms with Crippen molar-refractivity contribution in [2.75, 3.05) is 40.9 Å². The van der Waals surface area contributed by atoms with Crippen molar-refractivity contribution in [1.29, 1.82) is 0 Å². The Morgan fingerprint density at radius 2 is 1.87 bits per heavy atom. The molecule has 1 aromatic rings. The van der Waals surface area contributed by atoms with Gasteiger partial charge in [-0.1, -0.05) is 19.3 Å². The van der Waals surface area contributed by atoms with Crippen molar-refractivity contribution in [3.63, 3.8) is 0 Å². The van der Waals surface area contributed by atoms with Gasteiger partial charge >= 0.3 is 0 Å². The third kappa shape index (κ3) is 7.58. The maximum atomic E-state index is 10.4. The molecule has 0 amide bonds. The topological polar surface area (TPSA) is 72.2 Å². The summed E-state index contributed by atoms with van der Waals surface area (Å²) in [4.78, 5) is 4.20. The summed E-state index contributed by atoms with van der Waals surface area (Å²) < 4.78 is 20.1. The fourth-order valence-corrected chi connectivity index (χ4v) is 6.97. The molecule has 0 bridgehead atoms. The number of likely N-dealkylation sites (N-methyl/N-ethyl adjacent to an activating group) is 2. The summed E-state index contributed by atoms with van der Waals surface area (Å²) in [5, 5.41) is 15.7. The van der Waals surface area contributed by atoms with Crippen LogP contribution in [0.3, 0.4) is 0 Å². The van der Waals surface area contributed by atoms with Crippen LogP contribution < -0.4 is 0 Å². The van der Waals surface area contributed by atoms with Crippen LogP contribution in [0.15, 0.2) is 6.20 Å². The summed E-state index contributed by atoms with van der Waals surface area (Å²) in [5.74, 6) is 0.470. The third-order valence-corrected chi connectivity index (χ3v) is 9.04. The van der Waals surface area contributed by atoms with Gasteiger partial charge in [0.1, 0.15) is 6.23 Å². The van der Waals surface area contributed by atoms with Crippen molar-refractivity contribution < 1.29 is 19.3 Å². The smallest absolute Gasteiger partial charge is 0.216 e. The Labute approximate surface area is 231 Å². The average Bonchev–Trinajstić information content (AvgIpc) is 3.31. The summed E-state index contributed by atoms with van der Waals surface area (Å²) in [6.45, 7) is 9.08. The third-order valence-electron chi connectivity index (χ3n) is 9.04. The molecule has 2 saturated carbocycles. The quantitative estimate of drug-likeness (QED) is 0.410. The Kier molecular flexibility index (Phi) is 10.3. The van der Waals surface area contributed by atoms with E-state index in [0.29, 0.717) is 24.0 Å². The molecule has 3 fully saturated rings. The maximum absolute atomic E-state index is 10.4. The SMILES string of the molecule is CO[C@@H]1CC[C@@H](c2nn(C3CCCCO3)cc2CN(C)CCN(C)C(O)OC(C)(C)C)CC12CCCCC2. The van der Waals surface area contributed by atoms with Crippen LogP contribution in [0, 0.1) is 5.41 Å². The molecule has 8 nitrogen and oxygen atoms in total. The maximum Gasteiger partial charge on any atom is 0.216 e. The van der Waals surface area contributed by atoms with Crippen LogP contribution in [-0.4, -0.2) is 83.7 Å². The highest BCUT2D eigenvalue weighted by Gasteiger charge is 2.46. The molecule has 1 aromatic heterocycles. The highest BCUT2D eigenvalue weighted by Crippen LogP contribution is 2.53. The highest BCUT2D eigenvalue weighted by atomic mass is 16.6. The first-order valence-electron chi connectivity index (χ1n) is 15.1. The van der Waals surface area contributed by atoms with Crippen molar-refractivity contribution in [2.24, 2.45) is 5.41 Å². The summed E-state index contributed by atoms with van der Waals surface area (Å²) >= 11 is 0. The second-order valence-electron chi connectivity index (χ2n) is 13.2. The summed E-state index contributed by atoms with van der Waals surface area (Å²) in [7, 11) is 5.98. The number of aliphatic hydroxyl groups is 1. The summed E-state index contributed by atoms with van der Waals surface area (Å²) in [6, 6.07) is 0. The Bertz CT molecular complexity index is 857. The molecule has 8 heteroatoms. The molecular formula is C30H54N4O4. The lowest BCUT2D eigenvalue weighted by molar-refractivity contribution is -0.232. The number of nitrogens with zero attached hydrogens (tertiary/aromatic N) is 4. The van der Waals surface area contributed by atoms with E-state index in [9.17, 15) is 5.11 Å². The van der Waals surface area contributed by atoms with E-state index in [-0.39, 0.29) is 11.8 Å². The van der Waals surface area contributed by atoms with Crippen molar-refractivity contribution in [3.8, 4) is 0 Å². The van der Waals surface area contributed by atoms with E-state index in [0.717, 1.165) is 45.4 Å². The second kappa shape index (κ2) is 13.1. The largest absolute Gasteiger partial charge is 0.381 e. The molecular weight excluding hydrogens is 480 g/mol.